The molecular weight excluding hydrogens is 394 g/mol. The maximum Gasteiger partial charge on any atom is 0.225 e. The van der Waals surface area contributed by atoms with Crippen molar-refractivity contribution in [2.24, 2.45) is 5.92 Å². The Hall–Kier alpha value is -3.09. The highest BCUT2D eigenvalue weighted by atomic mass is 16.5. The standard InChI is InChI=1S/C24H31N3O4/c1-3-15-30-20-9-11-21(12-10-20)31-24-18(7-5-13-25-24)16-26-23(29)19-8-6-14-27(17-19)22(28)4-2/h5,7,9-13,19H,3-4,6,8,14-17H2,1-2H3,(H,26,29). The molecule has 0 radical (unpaired) electrons. The number of piperidine rings is 1. The first kappa shape index (κ1) is 22.6. The summed E-state index contributed by atoms with van der Waals surface area (Å²) in [6.07, 6.45) is 4.73. The van der Waals surface area contributed by atoms with Gasteiger partial charge >= 0.3 is 0 Å². The molecule has 1 unspecified atom stereocenters. The molecule has 1 saturated heterocycles. The van der Waals surface area contributed by atoms with Crippen molar-refractivity contribution < 1.29 is 19.1 Å². The average Bonchev–Trinajstić information content (AvgIpc) is 2.82. The molecule has 1 aliphatic rings. The quantitative estimate of drug-likeness (QED) is 0.658. The van der Waals surface area contributed by atoms with Gasteiger partial charge < -0.3 is 19.7 Å². The normalized spacial score (nSPS) is 15.9. The van der Waals surface area contributed by atoms with Gasteiger partial charge in [-0.15, -0.1) is 0 Å². The van der Waals surface area contributed by atoms with Crippen LogP contribution in [-0.4, -0.2) is 41.4 Å². The fourth-order valence-corrected chi connectivity index (χ4v) is 3.55. The van der Waals surface area contributed by atoms with Gasteiger partial charge in [-0.1, -0.05) is 19.9 Å². The van der Waals surface area contributed by atoms with Gasteiger partial charge in [0.1, 0.15) is 11.5 Å². The number of amides is 2. The Balaban J connectivity index is 1.58. The van der Waals surface area contributed by atoms with Crippen molar-refractivity contribution in [2.45, 2.75) is 46.1 Å². The number of ether oxygens (including phenoxy) is 2. The van der Waals surface area contributed by atoms with Gasteiger partial charge in [-0.05, 0) is 49.6 Å². The maximum absolute atomic E-state index is 12.7. The number of rotatable bonds is 9. The first-order chi connectivity index (χ1) is 15.1. The van der Waals surface area contributed by atoms with E-state index < -0.39 is 0 Å². The summed E-state index contributed by atoms with van der Waals surface area (Å²) in [5.41, 5.74) is 0.791. The molecule has 166 valence electrons. The molecule has 2 heterocycles. The molecule has 0 aliphatic carbocycles. The van der Waals surface area contributed by atoms with Crippen molar-refractivity contribution in [3.8, 4) is 17.4 Å². The summed E-state index contributed by atoms with van der Waals surface area (Å²) in [6.45, 7) is 6.13. The topological polar surface area (TPSA) is 80.8 Å². The van der Waals surface area contributed by atoms with Crippen LogP contribution in [0.4, 0.5) is 0 Å². The van der Waals surface area contributed by atoms with Crippen molar-refractivity contribution >= 4 is 11.8 Å². The fraction of sp³-hybridized carbons (Fsp3) is 0.458. The van der Waals surface area contributed by atoms with Crippen LogP contribution in [-0.2, 0) is 16.1 Å². The highest BCUT2D eigenvalue weighted by Crippen LogP contribution is 2.25. The third-order valence-corrected chi connectivity index (χ3v) is 5.26. The Kier molecular flexibility index (Phi) is 8.27. The number of benzene rings is 1. The number of nitrogens with one attached hydrogen (secondary N) is 1. The lowest BCUT2D eigenvalue weighted by atomic mass is 9.97. The van der Waals surface area contributed by atoms with Crippen molar-refractivity contribution in [3.05, 3.63) is 48.2 Å². The number of hydrogen-bond acceptors (Lipinski definition) is 5. The summed E-state index contributed by atoms with van der Waals surface area (Å²) in [5, 5.41) is 2.99. The molecule has 0 bridgehead atoms. The summed E-state index contributed by atoms with van der Waals surface area (Å²) < 4.78 is 11.5. The molecule has 3 rings (SSSR count). The van der Waals surface area contributed by atoms with E-state index in [1.807, 2.05) is 43.3 Å². The molecule has 1 aliphatic heterocycles. The number of carbonyl (C=O) groups excluding carboxylic acids is 2. The molecule has 1 aromatic carbocycles. The smallest absolute Gasteiger partial charge is 0.225 e. The number of likely N-dealkylation sites (tertiary alicyclic amines) is 1. The van der Waals surface area contributed by atoms with E-state index in [0.29, 0.717) is 37.7 Å². The third kappa shape index (κ3) is 6.44. The van der Waals surface area contributed by atoms with E-state index in [4.69, 9.17) is 9.47 Å². The third-order valence-electron chi connectivity index (χ3n) is 5.26. The monoisotopic (exact) mass is 425 g/mol. The van der Waals surface area contributed by atoms with Crippen molar-refractivity contribution in [3.63, 3.8) is 0 Å². The Morgan fingerprint density at radius 2 is 1.94 bits per heavy atom. The first-order valence-corrected chi connectivity index (χ1v) is 11.0. The molecule has 2 aromatic rings. The minimum atomic E-state index is -0.180. The van der Waals surface area contributed by atoms with Gasteiger partial charge in [0.15, 0.2) is 0 Å². The highest BCUT2D eigenvalue weighted by Gasteiger charge is 2.27. The van der Waals surface area contributed by atoms with Gasteiger partial charge in [0.05, 0.1) is 12.5 Å². The van der Waals surface area contributed by atoms with Gasteiger partial charge in [0.2, 0.25) is 17.7 Å². The fourth-order valence-electron chi connectivity index (χ4n) is 3.55. The molecule has 0 spiro atoms. The van der Waals surface area contributed by atoms with E-state index in [2.05, 4.69) is 17.2 Å². The molecule has 1 atom stereocenters. The van der Waals surface area contributed by atoms with E-state index in [1.54, 1.807) is 11.1 Å². The number of nitrogens with zero attached hydrogens (tertiary/aromatic N) is 2. The van der Waals surface area contributed by atoms with Crippen molar-refractivity contribution in [1.82, 2.24) is 15.2 Å². The molecule has 2 amide bonds. The van der Waals surface area contributed by atoms with Gasteiger partial charge in [0, 0.05) is 37.8 Å². The summed E-state index contributed by atoms with van der Waals surface area (Å²) in [5.74, 6) is 1.78. The molecular formula is C24H31N3O4. The predicted octanol–water partition coefficient (Wildman–Crippen LogP) is 3.93. The summed E-state index contributed by atoms with van der Waals surface area (Å²) in [6, 6.07) is 11.1. The number of hydrogen-bond donors (Lipinski definition) is 1. The second-order valence-electron chi connectivity index (χ2n) is 7.64. The number of carbonyl (C=O) groups is 2. The zero-order chi connectivity index (χ0) is 22.1. The minimum Gasteiger partial charge on any atom is -0.494 e. The van der Waals surface area contributed by atoms with Crippen molar-refractivity contribution in [2.75, 3.05) is 19.7 Å². The van der Waals surface area contributed by atoms with Gasteiger partial charge in [-0.2, -0.15) is 0 Å². The Morgan fingerprint density at radius 1 is 1.16 bits per heavy atom. The summed E-state index contributed by atoms with van der Waals surface area (Å²) in [7, 11) is 0. The molecule has 1 aromatic heterocycles. The van der Waals surface area contributed by atoms with Gasteiger partial charge in [-0.3, -0.25) is 9.59 Å². The number of pyridine rings is 1. The van der Waals surface area contributed by atoms with Crippen LogP contribution in [0.25, 0.3) is 0 Å². The van der Waals surface area contributed by atoms with Crippen LogP contribution < -0.4 is 14.8 Å². The summed E-state index contributed by atoms with van der Waals surface area (Å²) in [4.78, 5) is 30.8. The zero-order valence-corrected chi connectivity index (χ0v) is 18.3. The van der Waals surface area contributed by atoms with Crippen LogP contribution in [0.5, 0.6) is 17.4 Å². The second kappa shape index (κ2) is 11.3. The molecule has 1 fully saturated rings. The Morgan fingerprint density at radius 3 is 2.68 bits per heavy atom. The molecule has 7 heteroatoms. The van der Waals surface area contributed by atoms with Crippen LogP contribution in [0.3, 0.4) is 0 Å². The largest absolute Gasteiger partial charge is 0.494 e. The summed E-state index contributed by atoms with van der Waals surface area (Å²) >= 11 is 0. The van der Waals surface area contributed by atoms with Gasteiger partial charge in [0.25, 0.3) is 0 Å². The van der Waals surface area contributed by atoms with E-state index in [0.717, 1.165) is 37.1 Å². The maximum atomic E-state index is 12.7. The van der Waals surface area contributed by atoms with E-state index in [1.165, 1.54) is 0 Å². The Bertz CT molecular complexity index is 869. The molecule has 7 nitrogen and oxygen atoms in total. The van der Waals surface area contributed by atoms with E-state index in [-0.39, 0.29) is 17.7 Å². The van der Waals surface area contributed by atoms with Crippen LogP contribution in [0.15, 0.2) is 42.6 Å². The number of aromatic nitrogens is 1. The lowest BCUT2D eigenvalue weighted by molar-refractivity contribution is -0.135. The van der Waals surface area contributed by atoms with Crippen LogP contribution >= 0.6 is 0 Å². The van der Waals surface area contributed by atoms with Crippen LogP contribution in [0, 0.1) is 5.92 Å². The Labute approximate surface area is 183 Å². The first-order valence-electron chi connectivity index (χ1n) is 11.0. The van der Waals surface area contributed by atoms with E-state index >= 15 is 0 Å². The minimum absolute atomic E-state index is 0.0409. The highest BCUT2D eigenvalue weighted by molar-refractivity contribution is 5.81. The molecule has 1 N–H and O–H groups in total. The predicted molar refractivity (Wildman–Crippen MR) is 118 cm³/mol. The van der Waals surface area contributed by atoms with E-state index in [9.17, 15) is 9.59 Å². The molecule has 0 saturated carbocycles. The van der Waals surface area contributed by atoms with Gasteiger partial charge in [-0.25, -0.2) is 4.98 Å². The molecule has 31 heavy (non-hydrogen) atoms. The van der Waals surface area contributed by atoms with Crippen molar-refractivity contribution in [1.29, 1.82) is 0 Å². The second-order valence-corrected chi connectivity index (χ2v) is 7.64. The SMILES string of the molecule is CCCOc1ccc(Oc2ncccc2CNC(=O)C2CCCN(C(=O)CC)C2)cc1. The lowest BCUT2D eigenvalue weighted by Crippen LogP contribution is -2.45. The van der Waals surface area contributed by atoms with Crippen LogP contribution in [0.1, 0.15) is 45.1 Å². The zero-order valence-electron chi connectivity index (χ0n) is 18.3. The average molecular weight is 426 g/mol. The lowest BCUT2D eigenvalue weighted by Gasteiger charge is -2.32. The van der Waals surface area contributed by atoms with Crippen LogP contribution in [0.2, 0.25) is 0 Å².